The summed E-state index contributed by atoms with van der Waals surface area (Å²) in [5, 5.41) is 4.49. The van der Waals surface area contributed by atoms with Crippen molar-refractivity contribution in [3.8, 4) is 11.5 Å². The van der Waals surface area contributed by atoms with Crippen LogP contribution in [0.1, 0.15) is 13.3 Å². The first-order valence-corrected chi connectivity index (χ1v) is 9.54. The van der Waals surface area contributed by atoms with E-state index in [1.165, 1.54) is 0 Å². The molecule has 27 heavy (non-hydrogen) atoms. The lowest BCUT2D eigenvalue weighted by molar-refractivity contribution is 0.0357. The number of rotatable bonds is 8. The van der Waals surface area contributed by atoms with Gasteiger partial charge in [-0.15, -0.1) is 0 Å². The third kappa shape index (κ3) is 4.20. The summed E-state index contributed by atoms with van der Waals surface area (Å²) in [5.41, 5.74) is -0.0310. The first-order valence-electron chi connectivity index (χ1n) is 9.54. The van der Waals surface area contributed by atoms with Gasteiger partial charge in [0.15, 0.2) is 11.5 Å². The Morgan fingerprint density at radius 2 is 2.00 bits per heavy atom. The number of nitrogens with one attached hydrogen (secondary N) is 1. The molecule has 1 N–H and O–H groups in total. The fraction of sp³-hybridized carbons (Fsp3) is 0.550. The van der Waals surface area contributed by atoms with Crippen LogP contribution < -0.4 is 20.3 Å². The van der Waals surface area contributed by atoms with Crippen molar-refractivity contribution >= 4 is 16.6 Å². The monoisotopic (exact) mass is 375 g/mol. The van der Waals surface area contributed by atoms with Gasteiger partial charge in [-0.25, -0.2) is 0 Å². The number of pyridine rings is 1. The molecule has 1 aromatic heterocycles. The van der Waals surface area contributed by atoms with Gasteiger partial charge in [-0.05, 0) is 31.5 Å². The number of hydrogen-bond acceptors (Lipinski definition) is 6. The van der Waals surface area contributed by atoms with Gasteiger partial charge in [0.2, 0.25) is 0 Å². The Labute approximate surface area is 159 Å². The lowest BCUT2D eigenvalue weighted by Crippen LogP contribution is -2.37. The number of fused-ring (bicyclic) bond motifs is 1. The van der Waals surface area contributed by atoms with Gasteiger partial charge in [0, 0.05) is 38.6 Å². The minimum absolute atomic E-state index is 0.0310. The number of benzene rings is 1. The van der Waals surface area contributed by atoms with Crippen molar-refractivity contribution in [1.82, 2.24) is 9.47 Å². The second-order valence-corrected chi connectivity index (χ2v) is 6.54. The predicted octanol–water partition coefficient (Wildman–Crippen LogP) is 2.17. The topological polar surface area (TPSA) is 65.0 Å². The van der Waals surface area contributed by atoms with Gasteiger partial charge in [0.25, 0.3) is 5.56 Å². The summed E-state index contributed by atoms with van der Waals surface area (Å²) in [6, 6.07) is 5.60. The van der Waals surface area contributed by atoms with Crippen LogP contribution in [0.2, 0.25) is 0 Å². The zero-order valence-corrected chi connectivity index (χ0v) is 16.4. The van der Waals surface area contributed by atoms with Crippen LogP contribution in [-0.2, 0) is 11.3 Å². The molecule has 7 nitrogen and oxygen atoms in total. The number of nitrogens with zero attached hydrogens (tertiary/aromatic N) is 2. The van der Waals surface area contributed by atoms with Crippen LogP contribution in [0.4, 0.5) is 5.82 Å². The highest BCUT2D eigenvalue weighted by Crippen LogP contribution is 2.35. The molecule has 148 valence electrons. The minimum Gasteiger partial charge on any atom is -0.492 e. The van der Waals surface area contributed by atoms with Gasteiger partial charge in [-0.1, -0.05) is 0 Å². The highest BCUT2D eigenvalue weighted by Gasteiger charge is 2.16. The molecule has 1 saturated heterocycles. The zero-order valence-electron chi connectivity index (χ0n) is 16.4. The summed E-state index contributed by atoms with van der Waals surface area (Å²) in [5.74, 6) is 2.04. The van der Waals surface area contributed by atoms with E-state index in [1.54, 1.807) is 11.7 Å². The number of morpholine rings is 1. The van der Waals surface area contributed by atoms with Gasteiger partial charge in [0.1, 0.15) is 5.82 Å². The standard InChI is InChI=1S/C20H29N3O4/c1-4-23-18(21-2)14-16-15(20(23)24)6-7-17(19(16)25-3)27-11-5-8-22-9-12-26-13-10-22/h6-7,14,21H,4-5,8-13H2,1-3H3. The van der Waals surface area contributed by atoms with Crippen LogP contribution in [0.3, 0.4) is 0 Å². The smallest absolute Gasteiger partial charge is 0.260 e. The van der Waals surface area contributed by atoms with Crippen LogP contribution in [0.5, 0.6) is 11.5 Å². The molecule has 0 amide bonds. The lowest BCUT2D eigenvalue weighted by Gasteiger charge is -2.26. The molecule has 0 radical (unpaired) electrons. The van der Waals surface area contributed by atoms with Crippen molar-refractivity contribution in [3.63, 3.8) is 0 Å². The molecule has 2 heterocycles. The molecule has 2 aromatic rings. The minimum atomic E-state index is -0.0310. The average Bonchev–Trinajstić information content (AvgIpc) is 2.71. The van der Waals surface area contributed by atoms with E-state index in [2.05, 4.69) is 10.2 Å². The molecule has 1 aliphatic heterocycles. The SMILES string of the molecule is CCn1c(NC)cc2c(OC)c(OCCCN3CCOCC3)ccc2c1=O. The average molecular weight is 375 g/mol. The summed E-state index contributed by atoms with van der Waals surface area (Å²) in [6.45, 7) is 7.73. The van der Waals surface area contributed by atoms with Crippen molar-refractivity contribution in [2.24, 2.45) is 0 Å². The highest BCUT2D eigenvalue weighted by atomic mass is 16.5. The Kier molecular flexibility index (Phi) is 6.58. The number of anilines is 1. The molecule has 0 saturated carbocycles. The largest absolute Gasteiger partial charge is 0.492 e. The molecular weight excluding hydrogens is 346 g/mol. The summed E-state index contributed by atoms with van der Waals surface area (Å²) in [7, 11) is 3.42. The number of aromatic nitrogens is 1. The van der Waals surface area contributed by atoms with Crippen molar-refractivity contribution in [3.05, 3.63) is 28.6 Å². The molecule has 0 unspecified atom stereocenters. The van der Waals surface area contributed by atoms with E-state index in [0.29, 0.717) is 30.0 Å². The van der Waals surface area contributed by atoms with E-state index >= 15 is 0 Å². The van der Waals surface area contributed by atoms with E-state index in [1.807, 2.05) is 32.2 Å². The van der Waals surface area contributed by atoms with Gasteiger partial charge < -0.3 is 19.5 Å². The quantitative estimate of drug-likeness (QED) is 0.714. The van der Waals surface area contributed by atoms with E-state index in [-0.39, 0.29) is 5.56 Å². The van der Waals surface area contributed by atoms with Gasteiger partial charge in [0.05, 0.1) is 32.3 Å². The third-order valence-electron chi connectivity index (χ3n) is 4.96. The molecular formula is C20H29N3O4. The molecule has 1 aliphatic rings. The lowest BCUT2D eigenvalue weighted by atomic mass is 10.1. The fourth-order valence-electron chi connectivity index (χ4n) is 3.52. The molecule has 0 aliphatic carbocycles. The Morgan fingerprint density at radius 3 is 2.67 bits per heavy atom. The van der Waals surface area contributed by atoms with Crippen LogP contribution in [0.15, 0.2) is 23.0 Å². The molecule has 3 rings (SSSR count). The molecule has 0 spiro atoms. The molecule has 1 fully saturated rings. The summed E-state index contributed by atoms with van der Waals surface area (Å²) in [4.78, 5) is 15.2. The maximum absolute atomic E-state index is 12.8. The zero-order chi connectivity index (χ0) is 19.2. The predicted molar refractivity (Wildman–Crippen MR) is 107 cm³/mol. The van der Waals surface area contributed by atoms with E-state index < -0.39 is 0 Å². The van der Waals surface area contributed by atoms with Crippen molar-refractivity contribution in [2.45, 2.75) is 19.9 Å². The van der Waals surface area contributed by atoms with Crippen molar-refractivity contribution in [1.29, 1.82) is 0 Å². The maximum Gasteiger partial charge on any atom is 0.260 e. The first kappa shape index (κ1) is 19.5. The maximum atomic E-state index is 12.8. The summed E-state index contributed by atoms with van der Waals surface area (Å²) < 4.78 is 18.7. The molecule has 0 bridgehead atoms. The van der Waals surface area contributed by atoms with Gasteiger partial charge in [-0.2, -0.15) is 0 Å². The van der Waals surface area contributed by atoms with Crippen LogP contribution >= 0.6 is 0 Å². The number of methoxy groups -OCH3 is 1. The Morgan fingerprint density at radius 1 is 1.22 bits per heavy atom. The van der Waals surface area contributed by atoms with Crippen LogP contribution in [0, 0.1) is 0 Å². The second kappa shape index (κ2) is 9.10. The molecule has 1 aromatic carbocycles. The Balaban J connectivity index is 1.78. The first-order chi connectivity index (χ1) is 13.2. The highest BCUT2D eigenvalue weighted by molar-refractivity contribution is 5.92. The molecule has 7 heteroatoms. The Bertz CT molecular complexity index is 828. The fourth-order valence-corrected chi connectivity index (χ4v) is 3.52. The summed E-state index contributed by atoms with van der Waals surface area (Å²) in [6.07, 6.45) is 0.931. The third-order valence-corrected chi connectivity index (χ3v) is 4.96. The normalized spacial score (nSPS) is 15.1. The Hall–Kier alpha value is -2.25. The van der Waals surface area contributed by atoms with E-state index in [0.717, 1.165) is 50.5 Å². The number of hydrogen-bond donors (Lipinski definition) is 1. The van der Waals surface area contributed by atoms with Gasteiger partial charge >= 0.3 is 0 Å². The van der Waals surface area contributed by atoms with Crippen molar-refractivity contribution < 1.29 is 14.2 Å². The van der Waals surface area contributed by atoms with E-state index in [9.17, 15) is 4.79 Å². The van der Waals surface area contributed by atoms with Crippen LogP contribution in [0.25, 0.3) is 10.8 Å². The summed E-state index contributed by atoms with van der Waals surface area (Å²) >= 11 is 0. The van der Waals surface area contributed by atoms with E-state index in [4.69, 9.17) is 14.2 Å². The molecule has 0 atom stereocenters. The number of ether oxygens (including phenoxy) is 3. The second-order valence-electron chi connectivity index (χ2n) is 6.54. The van der Waals surface area contributed by atoms with Gasteiger partial charge in [-0.3, -0.25) is 14.3 Å². The van der Waals surface area contributed by atoms with Crippen LogP contribution in [-0.4, -0.2) is 63.1 Å². The van der Waals surface area contributed by atoms with Crippen molar-refractivity contribution in [2.75, 3.05) is 58.9 Å².